The lowest BCUT2D eigenvalue weighted by molar-refractivity contribution is 0.0849. The van der Waals surface area contributed by atoms with Gasteiger partial charge in [0.15, 0.2) is 15.0 Å². The summed E-state index contributed by atoms with van der Waals surface area (Å²) in [6.07, 6.45) is 2.05. The highest BCUT2D eigenvalue weighted by molar-refractivity contribution is 8.13. The van der Waals surface area contributed by atoms with Crippen LogP contribution in [-0.4, -0.2) is 42.9 Å². The minimum Gasteiger partial charge on any atom is -0.287 e. The van der Waals surface area contributed by atoms with Crippen LogP contribution in [0, 0.1) is 6.92 Å². The van der Waals surface area contributed by atoms with Gasteiger partial charge in [0.2, 0.25) is 0 Å². The fraction of sp³-hybridized carbons (Fsp3) is 0.300. The van der Waals surface area contributed by atoms with Crippen LogP contribution >= 0.6 is 23.4 Å². The van der Waals surface area contributed by atoms with E-state index in [0.29, 0.717) is 33.5 Å². The van der Waals surface area contributed by atoms with Crippen molar-refractivity contribution in [2.24, 2.45) is 4.99 Å². The topological polar surface area (TPSA) is 66.8 Å². The Hall–Kier alpha value is -1.83. The summed E-state index contributed by atoms with van der Waals surface area (Å²) in [6, 6.07) is 12.3. The molecule has 3 rings (SSSR count). The van der Waals surface area contributed by atoms with E-state index in [4.69, 9.17) is 11.6 Å². The number of thioether (sulfide) groups is 1. The molecule has 1 heterocycles. The smallest absolute Gasteiger partial charge is 0.259 e. The van der Waals surface area contributed by atoms with Crippen molar-refractivity contribution < 1.29 is 13.2 Å². The second kappa shape index (κ2) is 8.68. The van der Waals surface area contributed by atoms with Crippen LogP contribution in [0.4, 0.5) is 5.69 Å². The molecule has 2 aromatic rings. The molecule has 0 spiro atoms. The number of carbonyl (C=O) groups excluding carboxylic acids is 1. The Morgan fingerprint density at radius 3 is 2.75 bits per heavy atom. The Morgan fingerprint density at radius 2 is 2.04 bits per heavy atom. The molecule has 0 aromatic heterocycles. The van der Waals surface area contributed by atoms with Crippen LogP contribution in [0.5, 0.6) is 0 Å². The van der Waals surface area contributed by atoms with Gasteiger partial charge >= 0.3 is 0 Å². The van der Waals surface area contributed by atoms with E-state index < -0.39 is 9.84 Å². The lowest BCUT2D eigenvalue weighted by atomic mass is 10.1. The Labute approximate surface area is 174 Å². The van der Waals surface area contributed by atoms with E-state index in [-0.39, 0.29) is 11.7 Å². The molecule has 1 aliphatic rings. The third kappa shape index (κ3) is 5.37. The number of hydrogen-bond donors (Lipinski definition) is 0. The molecule has 0 N–H and O–H groups in total. The van der Waals surface area contributed by atoms with E-state index in [1.165, 1.54) is 18.0 Å². The van der Waals surface area contributed by atoms with E-state index in [0.717, 1.165) is 17.7 Å². The standard InChI is InChI=1S/C20H21ClN2O3S2/c1-14-7-8-17(12-18(14)21)22-20-23(9-4-10-27-20)19(24)16-6-3-5-15(11-16)13-28(2,25)26/h3,5-8,11-12H,4,9-10,13H2,1-2H3. The molecule has 5 nitrogen and oxygen atoms in total. The van der Waals surface area contributed by atoms with Gasteiger partial charge in [-0.25, -0.2) is 13.4 Å². The predicted molar refractivity (Wildman–Crippen MR) is 116 cm³/mol. The number of amides is 1. The van der Waals surface area contributed by atoms with E-state index >= 15 is 0 Å². The van der Waals surface area contributed by atoms with Crippen LogP contribution in [0.25, 0.3) is 0 Å². The molecule has 28 heavy (non-hydrogen) atoms. The summed E-state index contributed by atoms with van der Waals surface area (Å²) >= 11 is 7.72. The lowest BCUT2D eigenvalue weighted by Gasteiger charge is -2.28. The first-order valence-electron chi connectivity index (χ1n) is 8.79. The molecule has 0 saturated carbocycles. The Bertz CT molecular complexity index is 1040. The highest BCUT2D eigenvalue weighted by Gasteiger charge is 2.25. The number of carbonyl (C=O) groups is 1. The van der Waals surface area contributed by atoms with Crippen LogP contribution in [0.15, 0.2) is 47.5 Å². The van der Waals surface area contributed by atoms with Crippen molar-refractivity contribution in [3.63, 3.8) is 0 Å². The van der Waals surface area contributed by atoms with Crippen molar-refractivity contribution in [3.05, 3.63) is 64.2 Å². The maximum atomic E-state index is 13.1. The van der Waals surface area contributed by atoms with Gasteiger partial charge in [0, 0.05) is 29.1 Å². The second-order valence-corrected chi connectivity index (χ2v) is 10.4. The number of aliphatic imine (C=N–C) groups is 1. The maximum Gasteiger partial charge on any atom is 0.259 e. The van der Waals surface area contributed by atoms with Crippen LogP contribution in [0.2, 0.25) is 5.02 Å². The molecule has 0 unspecified atom stereocenters. The van der Waals surface area contributed by atoms with Crippen LogP contribution in [0.1, 0.15) is 27.9 Å². The average molecular weight is 437 g/mol. The number of aryl methyl sites for hydroxylation is 1. The summed E-state index contributed by atoms with van der Waals surface area (Å²) in [5.41, 5.74) is 2.72. The Kier molecular flexibility index (Phi) is 6.47. The molecule has 0 bridgehead atoms. The van der Waals surface area contributed by atoms with E-state index in [1.807, 2.05) is 19.1 Å². The number of amidine groups is 1. The summed E-state index contributed by atoms with van der Waals surface area (Å²) in [5.74, 6) is 0.613. The van der Waals surface area contributed by atoms with Gasteiger partial charge in [-0.1, -0.05) is 41.6 Å². The molecule has 2 aromatic carbocycles. The van der Waals surface area contributed by atoms with Crippen molar-refractivity contribution in [2.75, 3.05) is 18.6 Å². The Morgan fingerprint density at radius 1 is 1.25 bits per heavy atom. The largest absolute Gasteiger partial charge is 0.287 e. The monoisotopic (exact) mass is 436 g/mol. The van der Waals surface area contributed by atoms with Crippen molar-refractivity contribution >= 4 is 50.0 Å². The highest BCUT2D eigenvalue weighted by atomic mass is 35.5. The normalized spacial score (nSPS) is 16.4. The summed E-state index contributed by atoms with van der Waals surface area (Å²) in [4.78, 5) is 19.4. The fourth-order valence-electron chi connectivity index (χ4n) is 2.86. The lowest BCUT2D eigenvalue weighted by Crippen LogP contribution is -2.39. The molecule has 8 heteroatoms. The average Bonchev–Trinajstić information content (AvgIpc) is 2.63. The van der Waals surface area contributed by atoms with Crippen LogP contribution in [-0.2, 0) is 15.6 Å². The Balaban J connectivity index is 1.89. The fourth-order valence-corrected chi connectivity index (χ4v) is 4.77. The zero-order chi connectivity index (χ0) is 20.3. The number of hydrogen-bond acceptors (Lipinski definition) is 5. The number of sulfone groups is 1. The maximum absolute atomic E-state index is 13.1. The van der Waals surface area contributed by atoms with Gasteiger partial charge < -0.3 is 0 Å². The molecule has 0 radical (unpaired) electrons. The zero-order valence-electron chi connectivity index (χ0n) is 15.7. The molecule has 148 valence electrons. The number of rotatable bonds is 4. The van der Waals surface area contributed by atoms with Gasteiger partial charge in [0.1, 0.15) is 0 Å². The van der Waals surface area contributed by atoms with Gasteiger partial charge in [0.05, 0.1) is 11.4 Å². The first-order chi connectivity index (χ1) is 13.2. The van der Waals surface area contributed by atoms with Crippen LogP contribution in [0.3, 0.4) is 0 Å². The minimum atomic E-state index is -3.17. The second-order valence-electron chi connectivity index (χ2n) is 6.76. The molecule has 1 saturated heterocycles. The molecule has 0 atom stereocenters. The third-order valence-electron chi connectivity index (χ3n) is 4.22. The summed E-state index contributed by atoms with van der Waals surface area (Å²) in [7, 11) is -3.17. The first-order valence-corrected chi connectivity index (χ1v) is 12.2. The molecule has 1 amide bonds. The van der Waals surface area contributed by atoms with Gasteiger partial charge in [-0.05, 0) is 48.7 Å². The van der Waals surface area contributed by atoms with Gasteiger partial charge in [-0.15, -0.1) is 0 Å². The van der Waals surface area contributed by atoms with Gasteiger partial charge in [-0.3, -0.25) is 9.69 Å². The van der Waals surface area contributed by atoms with E-state index in [2.05, 4.69) is 4.99 Å². The molecular formula is C20H21ClN2O3S2. The third-order valence-corrected chi connectivity index (χ3v) is 6.54. The van der Waals surface area contributed by atoms with Gasteiger partial charge in [-0.2, -0.15) is 0 Å². The molecule has 0 aliphatic carbocycles. The highest BCUT2D eigenvalue weighted by Crippen LogP contribution is 2.27. The predicted octanol–water partition coefficient (Wildman–Crippen LogP) is 4.46. The van der Waals surface area contributed by atoms with Crippen LogP contribution < -0.4 is 0 Å². The van der Waals surface area contributed by atoms with Crippen molar-refractivity contribution in [1.29, 1.82) is 0 Å². The summed E-state index contributed by atoms with van der Waals surface area (Å²) in [6.45, 7) is 2.49. The number of benzene rings is 2. The molecule has 1 fully saturated rings. The van der Waals surface area contributed by atoms with Gasteiger partial charge in [0.25, 0.3) is 5.91 Å². The van der Waals surface area contributed by atoms with E-state index in [9.17, 15) is 13.2 Å². The quantitative estimate of drug-likeness (QED) is 0.709. The number of halogens is 1. The molecule has 1 aliphatic heterocycles. The first kappa shape index (κ1) is 20.9. The SMILES string of the molecule is Cc1ccc(N=C2SCCCN2C(=O)c2cccc(CS(C)(=O)=O)c2)cc1Cl. The number of nitrogens with zero attached hydrogens (tertiary/aromatic N) is 2. The van der Waals surface area contributed by atoms with Crippen molar-refractivity contribution in [2.45, 2.75) is 19.1 Å². The summed E-state index contributed by atoms with van der Waals surface area (Å²) < 4.78 is 23.1. The van der Waals surface area contributed by atoms with Crippen molar-refractivity contribution in [3.8, 4) is 0 Å². The van der Waals surface area contributed by atoms with Crippen molar-refractivity contribution in [1.82, 2.24) is 4.90 Å². The zero-order valence-corrected chi connectivity index (χ0v) is 18.1. The summed E-state index contributed by atoms with van der Waals surface area (Å²) in [5, 5.41) is 1.26. The van der Waals surface area contributed by atoms with E-state index in [1.54, 1.807) is 35.2 Å². The minimum absolute atomic E-state index is 0.0916. The molecular weight excluding hydrogens is 416 g/mol.